The maximum Gasteiger partial charge on any atom is 0.182 e. The van der Waals surface area contributed by atoms with Crippen LogP contribution in [-0.2, 0) is 6.54 Å². The number of aromatic nitrogens is 4. The molecule has 3 rings (SSSR count). The lowest BCUT2D eigenvalue weighted by Gasteiger charge is -2.06. The molecule has 2 N–H and O–H groups in total. The van der Waals surface area contributed by atoms with Crippen molar-refractivity contribution >= 4 is 5.69 Å². The molecular formula is C13H17N5. The Kier molecular flexibility index (Phi) is 2.36. The number of nitrogens with two attached hydrogens (primary N) is 1. The number of nitrogen functional groups attached to an aromatic ring is 1. The van der Waals surface area contributed by atoms with Gasteiger partial charge in [-0.2, -0.15) is 0 Å². The van der Waals surface area contributed by atoms with E-state index in [2.05, 4.69) is 29.4 Å². The first-order valence-corrected chi connectivity index (χ1v) is 6.18. The highest BCUT2D eigenvalue weighted by Crippen LogP contribution is 2.52. The van der Waals surface area contributed by atoms with Crippen LogP contribution in [-0.4, -0.2) is 20.2 Å². The average Bonchev–Trinajstić information content (AvgIpc) is 2.75. The van der Waals surface area contributed by atoms with E-state index in [1.807, 2.05) is 28.9 Å². The zero-order valence-corrected chi connectivity index (χ0v) is 10.7. The molecule has 0 bridgehead atoms. The van der Waals surface area contributed by atoms with Crippen LogP contribution < -0.4 is 5.73 Å². The van der Waals surface area contributed by atoms with Crippen molar-refractivity contribution in [3.8, 4) is 11.4 Å². The molecule has 0 radical (unpaired) electrons. The summed E-state index contributed by atoms with van der Waals surface area (Å²) in [7, 11) is 0. The molecule has 0 amide bonds. The van der Waals surface area contributed by atoms with Gasteiger partial charge in [-0.3, -0.25) is 0 Å². The summed E-state index contributed by atoms with van der Waals surface area (Å²) in [5.41, 5.74) is 7.88. The molecule has 18 heavy (non-hydrogen) atoms. The Hall–Kier alpha value is -1.91. The van der Waals surface area contributed by atoms with Crippen molar-refractivity contribution in [3.05, 3.63) is 24.3 Å². The van der Waals surface area contributed by atoms with Crippen LogP contribution in [0.3, 0.4) is 0 Å². The topological polar surface area (TPSA) is 69.6 Å². The Bertz CT molecular complexity index is 555. The van der Waals surface area contributed by atoms with Crippen molar-refractivity contribution in [1.29, 1.82) is 0 Å². The fourth-order valence-electron chi connectivity index (χ4n) is 2.26. The molecular weight excluding hydrogens is 226 g/mol. The van der Waals surface area contributed by atoms with Crippen molar-refractivity contribution in [3.63, 3.8) is 0 Å². The molecule has 1 fully saturated rings. The highest BCUT2D eigenvalue weighted by atomic mass is 15.5. The smallest absolute Gasteiger partial charge is 0.182 e. The molecule has 1 aliphatic rings. The fraction of sp³-hybridized carbons (Fsp3) is 0.462. The minimum atomic E-state index is 0.435. The maximum absolute atomic E-state index is 5.69. The summed E-state index contributed by atoms with van der Waals surface area (Å²) in [6, 6.07) is 7.65. The number of hydrogen-bond acceptors (Lipinski definition) is 4. The Morgan fingerprint density at radius 2 is 2.00 bits per heavy atom. The fourth-order valence-corrected chi connectivity index (χ4v) is 2.26. The van der Waals surface area contributed by atoms with Crippen LogP contribution in [0, 0.1) is 11.3 Å². The van der Waals surface area contributed by atoms with E-state index in [4.69, 9.17) is 5.73 Å². The minimum Gasteiger partial charge on any atom is -0.399 e. The van der Waals surface area contributed by atoms with Crippen molar-refractivity contribution in [1.82, 2.24) is 20.2 Å². The number of hydrogen-bond donors (Lipinski definition) is 1. The van der Waals surface area contributed by atoms with Gasteiger partial charge in [-0.15, -0.1) is 5.10 Å². The van der Waals surface area contributed by atoms with Crippen LogP contribution in [0.5, 0.6) is 0 Å². The molecule has 1 atom stereocenters. The van der Waals surface area contributed by atoms with Crippen LogP contribution in [0.4, 0.5) is 5.69 Å². The standard InChI is InChI=1S/C13H17N5/c1-13(2)7-10(13)8-18-12(15-16-17-18)9-3-5-11(14)6-4-9/h3-6,10H,7-8,14H2,1-2H3. The lowest BCUT2D eigenvalue weighted by molar-refractivity contribution is 0.467. The van der Waals surface area contributed by atoms with Crippen LogP contribution in [0.15, 0.2) is 24.3 Å². The van der Waals surface area contributed by atoms with Gasteiger partial charge in [0, 0.05) is 17.8 Å². The Labute approximate surface area is 106 Å². The van der Waals surface area contributed by atoms with Crippen LogP contribution in [0.1, 0.15) is 20.3 Å². The predicted molar refractivity (Wildman–Crippen MR) is 69.6 cm³/mol. The van der Waals surface area contributed by atoms with Gasteiger partial charge in [0.05, 0.1) is 0 Å². The first kappa shape index (κ1) is 11.2. The molecule has 0 aliphatic heterocycles. The molecule has 5 nitrogen and oxygen atoms in total. The summed E-state index contributed by atoms with van der Waals surface area (Å²) in [6.07, 6.45) is 1.24. The highest BCUT2D eigenvalue weighted by molar-refractivity contribution is 5.58. The zero-order valence-electron chi connectivity index (χ0n) is 10.7. The highest BCUT2D eigenvalue weighted by Gasteiger charge is 2.45. The van der Waals surface area contributed by atoms with E-state index in [1.165, 1.54) is 6.42 Å². The molecule has 1 aliphatic carbocycles. The summed E-state index contributed by atoms with van der Waals surface area (Å²) >= 11 is 0. The van der Waals surface area contributed by atoms with Gasteiger partial charge in [-0.05, 0) is 52.4 Å². The largest absolute Gasteiger partial charge is 0.399 e. The molecule has 1 unspecified atom stereocenters. The molecule has 0 spiro atoms. The van der Waals surface area contributed by atoms with Gasteiger partial charge in [0.25, 0.3) is 0 Å². The third-order valence-electron chi connectivity index (χ3n) is 3.81. The van der Waals surface area contributed by atoms with Crippen molar-refractivity contribution in [2.45, 2.75) is 26.8 Å². The predicted octanol–water partition coefficient (Wildman–Crippen LogP) is 1.97. The van der Waals surface area contributed by atoms with Gasteiger partial charge >= 0.3 is 0 Å². The normalized spacial score (nSPS) is 20.9. The van der Waals surface area contributed by atoms with Crippen molar-refractivity contribution < 1.29 is 0 Å². The summed E-state index contributed by atoms with van der Waals surface area (Å²) in [5.74, 6) is 1.49. The molecule has 5 heteroatoms. The zero-order chi connectivity index (χ0) is 12.8. The summed E-state index contributed by atoms with van der Waals surface area (Å²) in [4.78, 5) is 0. The van der Waals surface area contributed by atoms with Crippen LogP contribution in [0.25, 0.3) is 11.4 Å². The number of rotatable bonds is 3. The third-order valence-corrected chi connectivity index (χ3v) is 3.81. The van der Waals surface area contributed by atoms with Gasteiger partial charge in [0.15, 0.2) is 5.82 Å². The van der Waals surface area contributed by atoms with Gasteiger partial charge in [0.1, 0.15) is 0 Å². The molecule has 1 saturated carbocycles. The SMILES string of the molecule is CC1(C)CC1Cn1nnnc1-c1ccc(N)cc1. The Morgan fingerprint density at radius 3 is 2.61 bits per heavy atom. The number of nitrogens with zero attached hydrogens (tertiary/aromatic N) is 4. The summed E-state index contributed by atoms with van der Waals surface area (Å²) in [5, 5.41) is 12.0. The lowest BCUT2D eigenvalue weighted by Crippen LogP contribution is -2.07. The monoisotopic (exact) mass is 243 g/mol. The van der Waals surface area contributed by atoms with Gasteiger partial charge in [-0.1, -0.05) is 13.8 Å². The van der Waals surface area contributed by atoms with E-state index >= 15 is 0 Å². The third kappa shape index (κ3) is 1.96. The maximum atomic E-state index is 5.69. The summed E-state index contributed by atoms with van der Waals surface area (Å²) < 4.78 is 1.89. The second-order valence-corrected chi connectivity index (χ2v) is 5.70. The van der Waals surface area contributed by atoms with E-state index in [1.54, 1.807) is 0 Å². The van der Waals surface area contributed by atoms with E-state index in [0.29, 0.717) is 11.3 Å². The first-order valence-electron chi connectivity index (χ1n) is 6.18. The van der Waals surface area contributed by atoms with Crippen LogP contribution >= 0.6 is 0 Å². The van der Waals surface area contributed by atoms with Gasteiger partial charge in [0.2, 0.25) is 0 Å². The molecule has 94 valence electrons. The Morgan fingerprint density at radius 1 is 1.33 bits per heavy atom. The van der Waals surface area contributed by atoms with E-state index in [-0.39, 0.29) is 0 Å². The molecule has 2 aromatic rings. The van der Waals surface area contributed by atoms with Crippen LogP contribution in [0.2, 0.25) is 0 Å². The van der Waals surface area contributed by atoms with Gasteiger partial charge < -0.3 is 5.73 Å². The minimum absolute atomic E-state index is 0.435. The lowest BCUT2D eigenvalue weighted by atomic mass is 10.1. The number of benzene rings is 1. The number of tetrazole rings is 1. The number of anilines is 1. The van der Waals surface area contributed by atoms with Crippen molar-refractivity contribution in [2.24, 2.45) is 11.3 Å². The second-order valence-electron chi connectivity index (χ2n) is 5.70. The Balaban J connectivity index is 1.85. The van der Waals surface area contributed by atoms with E-state index in [9.17, 15) is 0 Å². The first-order chi connectivity index (χ1) is 8.56. The van der Waals surface area contributed by atoms with Crippen molar-refractivity contribution in [2.75, 3.05) is 5.73 Å². The molecule has 0 saturated heterocycles. The molecule has 1 aromatic carbocycles. The van der Waals surface area contributed by atoms with E-state index in [0.717, 1.165) is 23.6 Å². The molecule has 1 aromatic heterocycles. The van der Waals surface area contributed by atoms with Gasteiger partial charge in [-0.25, -0.2) is 4.68 Å². The van der Waals surface area contributed by atoms with E-state index < -0.39 is 0 Å². The molecule has 1 heterocycles. The second kappa shape index (κ2) is 3.80. The quantitative estimate of drug-likeness (QED) is 0.837. The summed E-state index contributed by atoms with van der Waals surface area (Å²) in [6.45, 7) is 5.45. The average molecular weight is 243 g/mol.